The van der Waals surface area contributed by atoms with E-state index in [1.807, 2.05) is 18.2 Å². The molecule has 0 radical (unpaired) electrons. The Morgan fingerprint density at radius 2 is 1.57 bits per heavy atom. The molecule has 140 valence electrons. The van der Waals surface area contributed by atoms with Gasteiger partial charge in [-0.15, -0.1) is 0 Å². The number of nitrogens with zero attached hydrogens (tertiary/aromatic N) is 1. The standard InChI is InChI=1S/C26H25NO/c1-19-9-5-6-11-21(19)16-27-17-23(18-27)26(22-12-3-2-4-13-22)15-20-10-7-8-14-24(20)25(26)28/h2-14,23H,15-18H2,1H3. The quantitative estimate of drug-likeness (QED) is 0.660. The van der Waals surface area contributed by atoms with Crippen LogP contribution in [0.4, 0.5) is 0 Å². The van der Waals surface area contributed by atoms with Crippen LogP contribution in [0, 0.1) is 12.8 Å². The van der Waals surface area contributed by atoms with Gasteiger partial charge in [0.2, 0.25) is 0 Å². The van der Waals surface area contributed by atoms with Gasteiger partial charge in [0.15, 0.2) is 5.78 Å². The van der Waals surface area contributed by atoms with Gasteiger partial charge in [0, 0.05) is 31.1 Å². The zero-order valence-corrected chi connectivity index (χ0v) is 16.3. The highest BCUT2D eigenvalue weighted by atomic mass is 16.1. The highest BCUT2D eigenvalue weighted by molar-refractivity contribution is 6.08. The highest BCUT2D eigenvalue weighted by Crippen LogP contribution is 2.48. The summed E-state index contributed by atoms with van der Waals surface area (Å²) in [7, 11) is 0. The maximum absolute atomic E-state index is 13.7. The van der Waals surface area contributed by atoms with Crippen LogP contribution in [0.15, 0.2) is 78.9 Å². The Morgan fingerprint density at radius 1 is 0.893 bits per heavy atom. The predicted octanol–water partition coefficient (Wildman–Crippen LogP) is 4.80. The molecule has 1 aliphatic carbocycles. The summed E-state index contributed by atoms with van der Waals surface area (Å²) >= 11 is 0. The fraction of sp³-hybridized carbons (Fsp3) is 0.269. The Morgan fingerprint density at radius 3 is 2.32 bits per heavy atom. The summed E-state index contributed by atoms with van der Waals surface area (Å²) < 4.78 is 0. The molecule has 28 heavy (non-hydrogen) atoms. The Balaban J connectivity index is 1.44. The summed E-state index contributed by atoms with van der Waals surface area (Å²) in [6.45, 7) is 5.09. The first-order valence-electron chi connectivity index (χ1n) is 10.1. The molecule has 0 bridgehead atoms. The zero-order chi connectivity index (χ0) is 19.1. The van der Waals surface area contributed by atoms with Gasteiger partial charge in [-0.1, -0.05) is 78.9 Å². The van der Waals surface area contributed by atoms with Gasteiger partial charge < -0.3 is 0 Å². The fourth-order valence-corrected chi connectivity index (χ4v) is 5.09. The normalized spacial score (nSPS) is 22.1. The van der Waals surface area contributed by atoms with Crippen molar-refractivity contribution >= 4 is 5.78 Å². The van der Waals surface area contributed by atoms with Crippen LogP contribution < -0.4 is 0 Å². The third-order valence-corrected chi connectivity index (χ3v) is 6.73. The van der Waals surface area contributed by atoms with Crippen LogP contribution >= 0.6 is 0 Å². The van der Waals surface area contributed by atoms with E-state index in [0.29, 0.717) is 11.7 Å². The van der Waals surface area contributed by atoms with Crippen molar-refractivity contribution in [2.75, 3.05) is 13.1 Å². The first kappa shape index (κ1) is 17.4. The number of rotatable bonds is 4. The average Bonchev–Trinajstić information content (AvgIpc) is 3.00. The Hall–Kier alpha value is -2.71. The van der Waals surface area contributed by atoms with E-state index in [1.54, 1.807) is 0 Å². The lowest BCUT2D eigenvalue weighted by Crippen LogP contribution is -2.58. The molecule has 1 heterocycles. The molecule has 0 N–H and O–H groups in total. The Labute approximate surface area is 166 Å². The number of fused-ring (bicyclic) bond motifs is 1. The molecule has 0 amide bonds. The van der Waals surface area contributed by atoms with E-state index in [9.17, 15) is 4.79 Å². The van der Waals surface area contributed by atoms with Crippen LogP contribution in [0.25, 0.3) is 0 Å². The molecular formula is C26H25NO. The molecule has 1 atom stereocenters. The Kier molecular flexibility index (Phi) is 4.17. The van der Waals surface area contributed by atoms with Crippen molar-refractivity contribution in [2.45, 2.75) is 25.3 Å². The summed E-state index contributed by atoms with van der Waals surface area (Å²) in [6, 6.07) is 27.2. The van der Waals surface area contributed by atoms with Gasteiger partial charge in [-0.05, 0) is 35.6 Å². The largest absolute Gasteiger partial charge is 0.298 e. The van der Waals surface area contributed by atoms with E-state index >= 15 is 0 Å². The fourth-order valence-electron chi connectivity index (χ4n) is 5.09. The van der Waals surface area contributed by atoms with Crippen LogP contribution in [0.2, 0.25) is 0 Å². The number of carbonyl (C=O) groups is 1. The maximum atomic E-state index is 13.7. The number of likely N-dealkylation sites (tertiary alicyclic amines) is 1. The summed E-state index contributed by atoms with van der Waals surface area (Å²) in [5.41, 5.74) is 5.62. The maximum Gasteiger partial charge on any atom is 0.174 e. The Bertz CT molecular complexity index is 1020. The second kappa shape index (κ2) is 6.72. The molecule has 0 spiro atoms. The van der Waals surface area contributed by atoms with E-state index in [0.717, 1.165) is 31.6 Å². The van der Waals surface area contributed by atoms with E-state index < -0.39 is 5.41 Å². The zero-order valence-electron chi connectivity index (χ0n) is 16.3. The first-order valence-corrected chi connectivity index (χ1v) is 10.1. The SMILES string of the molecule is Cc1ccccc1CN1CC(C2(c3ccccc3)Cc3ccccc3C2=O)C1. The van der Waals surface area contributed by atoms with Crippen LogP contribution in [0.3, 0.4) is 0 Å². The number of benzene rings is 3. The summed E-state index contributed by atoms with van der Waals surface area (Å²) in [4.78, 5) is 16.1. The van der Waals surface area contributed by atoms with Gasteiger partial charge in [-0.3, -0.25) is 9.69 Å². The van der Waals surface area contributed by atoms with E-state index in [-0.39, 0.29) is 0 Å². The number of hydrogen-bond acceptors (Lipinski definition) is 2. The molecule has 2 nitrogen and oxygen atoms in total. The lowest BCUT2D eigenvalue weighted by atomic mass is 9.64. The minimum atomic E-state index is -0.410. The van der Waals surface area contributed by atoms with Crippen LogP contribution in [-0.4, -0.2) is 23.8 Å². The molecular weight excluding hydrogens is 342 g/mol. The van der Waals surface area contributed by atoms with Gasteiger partial charge in [0.25, 0.3) is 0 Å². The summed E-state index contributed by atoms with van der Waals surface area (Å²) in [5, 5.41) is 0. The van der Waals surface area contributed by atoms with Crippen molar-refractivity contribution in [3.05, 3.63) is 107 Å². The first-order chi connectivity index (χ1) is 13.7. The number of carbonyl (C=O) groups excluding carboxylic acids is 1. The third kappa shape index (κ3) is 2.63. The third-order valence-electron chi connectivity index (χ3n) is 6.73. The molecule has 1 aliphatic heterocycles. The molecule has 3 aromatic rings. The van der Waals surface area contributed by atoms with Crippen molar-refractivity contribution in [3.8, 4) is 0 Å². The van der Waals surface area contributed by atoms with Crippen molar-refractivity contribution in [1.82, 2.24) is 4.90 Å². The smallest absolute Gasteiger partial charge is 0.174 e. The number of Topliss-reactive ketones (excluding diaryl/α,β-unsaturated/α-hetero) is 1. The molecule has 2 heteroatoms. The topological polar surface area (TPSA) is 20.3 Å². The van der Waals surface area contributed by atoms with Crippen molar-refractivity contribution < 1.29 is 4.79 Å². The van der Waals surface area contributed by atoms with Crippen LogP contribution in [-0.2, 0) is 18.4 Å². The van der Waals surface area contributed by atoms with E-state index in [4.69, 9.17) is 0 Å². The molecule has 2 aliphatic rings. The number of aryl methyl sites for hydroxylation is 1. The summed E-state index contributed by atoms with van der Waals surface area (Å²) in [5.74, 6) is 0.675. The van der Waals surface area contributed by atoms with E-state index in [1.165, 1.54) is 22.3 Å². The van der Waals surface area contributed by atoms with Gasteiger partial charge >= 0.3 is 0 Å². The van der Waals surface area contributed by atoms with E-state index in [2.05, 4.69) is 72.5 Å². The second-order valence-corrected chi connectivity index (χ2v) is 8.32. The molecule has 0 saturated carbocycles. The van der Waals surface area contributed by atoms with Gasteiger partial charge in [-0.2, -0.15) is 0 Å². The average molecular weight is 367 g/mol. The van der Waals surface area contributed by atoms with Crippen molar-refractivity contribution in [1.29, 1.82) is 0 Å². The molecule has 0 aromatic heterocycles. The lowest BCUT2D eigenvalue weighted by Gasteiger charge is -2.49. The second-order valence-electron chi connectivity index (χ2n) is 8.32. The molecule has 1 fully saturated rings. The molecule has 5 rings (SSSR count). The minimum absolute atomic E-state index is 0.315. The number of ketones is 1. The molecule has 1 unspecified atom stereocenters. The molecule has 1 saturated heterocycles. The van der Waals surface area contributed by atoms with Gasteiger partial charge in [-0.25, -0.2) is 0 Å². The van der Waals surface area contributed by atoms with Crippen molar-refractivity contribution in [2.24, 2.45) is 5.92 Å². The highest BCUT2D eigenvalue weighted by Gasteiger charge is 2.55. The van der Waals surface area contributed by atoms with Crippen LogP contribution in [0.1, 0.15) is 32.6 Å². The lowest BCUT2D eigenvalue weighted by molar-refractivity contribution is 0.0316. The van der Waals surface area contributed by atoms with Crippen molar-refractivity contribution in [3.63, 3.8) is 0 Å². The van der Waals surface area contributed by atoms with Crippen LogP contribution in [0.5, 0.6) is 0 Å². The predicted molar refractivity (Wildman–Crippen MR) is 113 cm³/mol. The summed E-state index contributed by atoms with van der Waals surface area (Å²) in [6.07, 6.45) is 0.828. The number of hydrogen-bond donors (Lipinski definition) is 0. The molecule has 3 aromatic carbocycles. The van der Waals surface area contributed by atoms with Gasteiger partial charge in [0.1, 0.15) is 0 Å². The monoisotopic (exact) mass is 367 g/mol. The minimum Gasteiger partial charge on any atom is -0.298 e. The van der Waals surface area contributed by atoms with Gasteiger partial charge in [0.05, 0.1) is 5.41 Å².